The second kappa shape index (κ2) is 8.93. The normalized spacial score (nSPS) is 12.1. The van der Waals surface area contributed by atoms with Gasteiger partial charge in [0.1, 0.15) is 22.0 Å². The van der Waals surface area contributed by atoms with E-state index in [0.29, 0.717) is 6.42 Å². The number of anilines is 1. The third-order valence-electron chi connectivity index (χ3n) is 4.69. The van der Waals surface area contributed by atoms with E-state index in [0.717, 1.165) is 37.6 Å². The molecule has 0 fully saturated rings. The Hall–Kier alpha value is -2.77. The van der Waals surface area contributed by atoms with Crippen molar-refractivity contribution in [2.24, 2.45) is 0 Å². The van der Waals surface area contributed by atoms with Gasteiger partial charge in [-0.3, -0.25) is 4.79 Å². The molecule has 0 saturated heterocycles. The van der Waals surface area contributed by atoms with Crippen molar-refractivity contribution in [1.82, 2.24) is 9.97 Å². The van der Waals surface area contributed by atoms with Crippen LogP contribution in [0.1, 0.15) is 18.9 Å². The maximum Gasteiger partial charge on any atom is 0.237 e. The first-order chi connectivity index (χ1) is 14.5. The molecule has 7 heteroatoms. The maximum absolute atomic E-state index is 13.4. The Morgan fingerprint density at radius 1 is 1.20 bits per heavy atom. The van der Waals surface area contributed by atoms with Crippen LogP contribution in [0.5, 0.6) is 0 Å². The highest BCUT2D eigenvalue weighted by Crippen LogP contribution is 2.39. The average molecular weight is 438 g/mol. The van der Waals surface area contributed by atoms with Crippen LogP contribution >= 0.6 is 23.1 Å². The number of rotatable bonds is 6. The maximum atomic E-state index is 13.4. The van der Waals surface area contributed by atoms with Crippen molar-refractivity contribution < 1.29 is 9.18 Å². The minimum Gasteiger partial charge on any atom is -0.325 e. The Bertz CT molecular complexity index is 1190. The average Bonchev–Trinajstić information content (AvgIpc) is 3.17. The summed E-state index contributed by atoms with van der Waals surface area (Å²) in [5.74, 6) is -0.332. The molecule has 1 amide bonds. The number of amides is 1. The topological polar surface area (TPSA) is 54.9 Å². The van der Waals surface area contributed by atoms with Crippen molar-refractivity contribution in [3.05, 3.63) is 71.6 Å². The summed E-state index contributed by atoms with van der Waals surface area (Å²) in [6.45, 7) is 3.98. The van der Waals surface area contributed by atoms with Gasteiger partial charge in [-0.2, -0.15) is 0 Å². The van der Waals surface area contributed by atoms with Crippen LogP contribution in [-0.4, -0.2) is 21.1 Å². The van der Waals surface area contributed by atoms with Crippen molar-refractivity contribution in [3.63, 3.8) is 0 Å². The Morgan fingerprint density at radius 2 is 2.00 bits per heavy atom. The zero-order valence-electron chi connectivity index (χ0n) is 16.6. The fourth-order valence-electron chi connectivity index (χ4n) is 3.18. The lowest BCUT2D eigenvalue weighted by Crippen LogP contribution is -2.24. The Labute approximate surface area is 182 Å². The summed E-state index contributed by atoms with van der Waals surface area (Å²) >= 11 is 2.95. The summed E-state index contributed by atoms with van der Waals surface area (Å²) in [5.41, 5.74) is 3.73. The van der Waals surface area contributed by atoms with Crippen LogP contribution in [0.4, 0.5) is 10.1 Å². The minimum absolute atomic E-state index is 0.0570. The first-order valence-electron chi connectivity index (χ1n) is 9.57. The van der Waals surface area contributed by atoms with Gasteiger partial charge in [-0.25, -0.2) is 14.4 Å². The van der Waals surface area contributed by atoms with Crippen LogP contribution in [-0.2, 0) is 4.79 Å². The van der Waals surface area contributed by atoms with E-state index in [1.165, 1.54) is 41.6 Å². The molecule has 1 atom stereocenters. The van der Waals surface area contributed by atoms with Crippen LogP contribution in [0.3, 0.4) is 0 Å². The number of benzene rings is 2. The zero-order chi connectivity index (χ0) is 21.1. The van der Waals surface area contributed by atoms with E-state index in [2.05, 4.69) is 15.3 Å². The lowest BCUT2D eigenvalue weighted by molar-refractivity contribution is -0.115. The van der Waals surface area contributed by atoms with Gasteiger partial charge in [0.25, 0.3) is 0 Å². The second-order valence-corrected chi connectivity index (χ2v) is 8.94. The van der Waals surface area contributed by atoms with Crippen molar-refractivity contribution in [3.8, 4) is 11.1 Å². The van der Waals surface area contributed by atoms with E-state index < -0.39 is 0 Å². The predicted molar refractivity (Wildman–Crippen MR) is 123 cm³/mol. The quantitative estimate of drug-likeness (QED) is 0.283. The van der Waals surface area contributed by atoms with Gasteiger partial charge in [0.05, 0.1) is 10.6 Å². The third-order valence-corrected chi connectivity index (χ3v) is 6.94. The molecular formula is C23H20FN3OS2. The number of halogens is 1. The molecule has 2 aromatic carbocycles. The highest BCUT2D eigenvalue weighted by atomic mass is 32.2. The summed E-state index contributed by atoms with van der Waals surface area (Å²) in [6.07, 6.45) is 2.19. The molecule has 4 nitrogen and oxygen atoms in total. The number of nitrogens with one attached hydrogen (secondary N) is 1. The van der Waals surface area contributed by atoms with E-state index in [9.17, 15) is 9.18 Å². The second-order valence-electron chi connectivity index (χ2n) is 6.89. The number of carbonyl (C=O) groups is 1. The minimum atomic E-state index is -0.301. The number of hydrogen-bond donors (Lipinski definition) is 1. The SMILES string of the molecule is CCC(Sc1ncnc2scc(-c3ccc(F)cc3)c12)C(=O)Nc1cccc(C)c1. The van der Waals surface area contributed by atoms with E-state index in [-0.39, 0.29) is 17.0 Å². The number of hydrogen-bond acceptors (Lipinski definition) is 5. The molecule has 0 aliphatic rings. The Morgan fingerprint density at radius 3 is 2.73 bits per heavy atom. The first-order valence-corrected chi connectivity index (χ1v) is 11.3. The number of aryl methyl sites for hydroxylation is 1. The third kappa shape index (κ3) is 4.37. The van der Waals surface area contributed by atoms with Gasteiger partial charge >= 0.3 is 0 Å². The largest absolute Gasteiger partial charge is 0.325 e. The Kier molecular flexibility index (Phi) is 6.11. The van der Waals surface area contributed by atoms with Gasteiger partial charge < -0.3 is 5.32 Å². The highest BCUT2D eigenvalue weighted by Gasteiger charge is 2.22. The monoisotopic (exact) mass is 437 g/mol. The van der Waals surface area contributed by atoms with Crippen LogP contribution < -0.4 is 5.32 Å². The number of thiophene rings is 1. The van der Waals surface area contributed by atoms with Gasteiger partial charge in [-0.1, -0.05) is 43.0 Å². The van der Waals surface area contributed by atoms with Gasteiger partial charge in [0.2, 0.25) is 5.91 Å². The summed E-state index contributed by atoms with van der Waals surface area (Å²) in [7, 11) is 0. The number of thioether (sulfide) groups is 1. The lowest BCUT2D eigenvalue weighted by atomic mass is 10.1. The Balaban J connectivity index is 1.64. The highest BCUT2D eigenvalue weighted by molar-refractivity contribution is 8.00. The molecule has 0 aliphatic heterocycles. The summed E-state index contributed by atoms with van der Waals surface area (Å²) in [6, 6.07) is 14.1. The molecule has 1 N–H and O–H groups in total. The van der Waals surface area contributed by atoms with Crippen LogP contribution in [0, 0.1) is 12.7 Å². The summed E-state index contributed by atoms with van der Waals surface area (Å²) in [4.78, 5) is 22.6. The van der Waals surface area contributed by atoms with Crippen molar-refractivity contribution in [2.45, 2.75) is 30.5 Å². The lowest BCUT2D eigenvalue weighted by Gasteiger charge is -2.15. The molecule has 2 heterocycles. The molecule has 4 aromatic rings. The summed E-state index contributed by atoms with van der Waals surface area (Å²) < 4.78 is 13.4. The zero-order valence-corrected chi connectivity index (χ0v) is 18.2. The fourth-order valence-corrected chi connectivity index (χ4v) is 5.20. The molecule has 4 rings (SSSR count). The molecular weight excluding hydrogens is 417 g/mol. The molecule has 30 heavy (non-hydrogen) atoms. The first kappa shape index (κ1) is 20.5. The van der Waals surface area contributed by atoms with Gasteiger partial charge in [-0.05, 0) is 48.7 Å². The van der Waals surface area contributed by atoms with E-state index >= 15 is 0 Å². The molecule has 1 unspecified atom stereocenters. The fraction of sp³-hybridized carbons (Fsp3) is 0.174. The molecule has 0 spiro atoms. The van der Waals surface area contributed by atoms with Gasteiger partial charge in [-0.15, -0.1) is 11.3 Å². The van der Waals surface area contributed by atoms with Crippen molar-refractivity contribution >= 4 is 44.9 Å². The molecule has 0 saturated carbocycles. The number of nitrogens with zero attached hydrogens (tertiary/aromatic N) is 2. The summed E-state index contributed by atoms with van der Waals surface area (Å²) in [5, 5.41) is 6.37. The smallest absolute Gasteiger partial charge is 0.237 e. The molecule has 0 aliphatic carbocycles. The van der Waals surface area contributed by atoms with E-state index in [4.69, 9.17) is 0 Å². The van der Waals surface area contributed by atoms with Crippen molar-refractivity contribution in [1.29, 1.82) is 0 Å². The number of carbonyl (C=O) groups excluding carboxylic acids is 1. The van der Waals surface area contributed by atoms with Crippen LogP contribution in [0.2, 0.25) is 0 Å². The molecule has 152 valence electrons. The molecule has 0 bridgehead atoms. The molecule has 2 aromatic heterocycles. The van der Waals surface area contributed by atoms with Crippen LogP contribution in [0.15, 0.2) is 65.3 Å². The predicted octanol–water partition coefficient (Wildman–Crippen LogP) is 6.32. The van der Waals surface area contributed by atoms with Crippen LogP contribution in [0.25, 0.3) is 21.3 Å². The number of aromatic nitrogens is 2. The van der Waals surface area contributed by atoms with E-state index in [1.54, 1.807) is 12.1 Å². The van der Waals surface area contributed by atoms with Gasteiger partial charge in [0.15, 0.2) is 0 Å². The molecule has 0 radical (unpaired) electrons. The van der Waals surface area contributed by atoms with E-state index in [1.807, 2.05) is 43.5 Å². The number of fused-ring (bicyclic) bond motifs is 1. The van der Waals surface area contributed by atoms with Crippen molar-refractivity contribution in [2.75, 3.05) is 5.32 Å². The standard InChI is InChI=1S/C23H20FN3OS2/c1-3-19(21(28)27-17-6-4-5-14(2)11-17)30-23-20-18(12-29-22(20)25-13-26-23)15-7-9-16(24)10-8-15/h4-13,19H,3H2,1-2H3,(H,27,28). The van der Waals surface area contributed by atoms with Gasteiger partial charge in [0, 0.05) is 16.6 Å².